The number of methoxy groups -OCH3 is 2. The summed E-state index contributed by atoms with van der Waals surface area (Å²) >= 11 is 0. The predicted molar refractivity (Wildman–Crippen MR) is 245 cm³/mol. The molecule has 4 aromatic rings. The molecule has 1 aliphatic carbocycles. The van der Waals surface area contributed by atoms with Crippen LogP contribution in [0.4, 0.5) is 22.7 Å². The highest BCUT2D eigenvalue weighted by atomic mass is 16.5. The highest BCUT2D eigenvalue weighted by Crippen LogP contribution is 2.47. The van der Waals surface area contributed by atoms with Gasteiger partial charge in [-0.05, 0) is 128 Å². The van der Waals surface area contributed by atoms with E-state index in [1.54, 1.807) is 17.0 Å². The Labute approximate surface area is 367 Å². The third kappa shape index (κ3) is 11.9. The summed E-state index contributed by atoms with van der Waals surface area (Å²) in [4.78, 5) is 46.3. The average molecular weight is 853 g/mol. The predicted octanol–water partition coefficient (Wildman–Crippen LogP) is 6.88. The van der Waals surface area contributed by atoms with Crippen LogP contribution in [-0.2, 0) is 46.2 Å². The van der Waals surface area contributed by atoms with Crippen LogP contribution in [0.3, 0.4) is 0 Å². The first-order valence-electron chi connectivity index (χ1n) is 21.2. The number of nitrogens with zero attached hydrogens (tertiary/aromatic N) is 4. The fraction of sp³-hybridized carbons (Fsp3) is 0.449. The van der Waals surface area contributed by atoms with Gasteiger partial charge in [-0.3, -0.25) is 14.4 Å². The van der Waals surface area contributed by atoms with E-state index >= 15 is 0 Å². The average Bonchev–Trinajstić information content (AvgIpc) is 3.23. The lowest BCUT2D eigenvalue weighted by Gasteiger charge is -2.34. The normalized spacial score (nSPS) is 12.0. The molecule has 1 N–H and O–H groups in total. The molecule has 0 unspecified atom stereocenters. The number of aryl methyl sites for hydroxylation is 2. The van der Waals surface area contributed by atoms with Crippen molar-refractivity contribution in [2.45, 2.75) is 59.0 Å². The smallest absolute Gasteiger partial charge is 0.325 e. The van der Waals surface area contributed by atoms with Crippen LogP contribution in [0.5, 0.6) is 11.5 Å². The Bertz CT molecular complexity index is 2130. The number of ether oxygens (including phenoxy) is 5. The van der Waals surface area contributed by atoms with Gasteiger partial charge in [0.25, 0.3) is 0 Å². The zero-order chi connectivity index (χ0) is 45.1. The number of aromatic hydroxyl groups is 1. The van der Waals surface area contributed by atoms with Crippen LogP contribution in [0.15, 0.2) is 66.7 Å². The summed E-state index contributed by atoms with van der Waals surface area (Å²) in [5.41, 5.74) is 11.0. The monoisotopic (exact) mass is 852 g/mol. The largest absolute Gasteiger partial charge is 0.506 e. The molecule has 0 saturated carbocycles. The zero-order valence-electron chi connectivity index (χ0n) is 38.1. The lowest BCUT2D eigenvalue weighted by atomic mass is 9.73. The van der Waals surface area contributed by atoms with E-state index in [1.807, 2.05) is 72.9 Å². The molecule has 5 rings (SSSR count). The number of carbonyl (C=O) groups is 3. The quantitative estimate of drug-likeness (QED) is 0.0469. The van der Waals surface area contributed by atoms with E-state index in [-0.39, 0.29) is 69.6 Å². The fourth-order valence-corrected chi connectivity index (χ4v) is 7.87. The minimum Gasteiger partial charge on any atom is -0.506 e. The van der Waals surface area contributed by atoms with Crippen molar-refractivity contribution in [3.8, 4) is 11.5 Å². The van der Waals surface area contributed by atoms with Crippen molar-refractivity contribution in [2.24, 2.45) is 0 Å². The summed E-state index contributed by atoms with van der Waals surface area (Å²) in [5, 5.41) is 10.7. The standard InChI is InChI=1S/C49H64N4O9/c1-11-61-45-29-41(49-39-16-14-37(50(5)6)26-35(39)25-36-27-38(51(7)8)15-17-40(36)49)34(13-19-46(55)62-32(2)3)28-43(45)53(31-48(57)59-10)21-23-60-22-20-52(30-47(56)58-9)42-18-12-33(4)24-44(42)54/h12,14-18,24,26-29,32,49,54H,11,13,19-23,25,30-31H2,1-10H3. The SMILES string of the molecule is CCOc1cc(C2c3ccc(N(C)C)cc3Cc3cc(N(C)C)ccc32)c(CCC(=O)OC(C)C)cc1N(CCOCCN(CC(=O)OC)c1ccc(C)cc1O)CC(=O)OC. The molecule has 0 atom stereocenters. The van der Waals surface area contributed by atoms with Crippen LogP contribution < -0.4 is 24.3 Å². The fourth-order valence-electron chi connectivity index (χ4n) is 7.87. The van der Waals surface area contributed by atoms with Gasteiger partial charge in [0, 0.05) is 65.0 Å². The second kappa shape index (κ2) is 21.7. The summed E-state index contributed by atoms with van der Waals surface area (Å²) in [6.07, 6.45) is 1.06. The van der Waals surface area contributed by atoms with Crippen LogP contribution in [0, 0.1) is 6.92 Å². The maximum Gasteiger partial charge on any atom is 0.325 e. The first kappa shape index (κ1) is 47.1. The maximum atomic E-state index is 13.2. The summed E-state index contributed by atoms with van der Waals surface area (Å²) in [5.74, 6) is -0.731. The molecule has 334 valence electrons. The Hall–Kier alpha value is -5.95. The van der Waals surface area contributed by atoms with E-state index in [0.29, 0.717) is 30.2 Å². The van der Waals surface area contributed by atoms with E-state index in [2.05, 4.69) is 52.3 Å². The van der Waals surface area contributed by atoms with E-state index in [9.17, 15) is 19.5 Å². The van der Waals surface area contributed by atoms with Gasteiger partial charge in [0.05, 0.1) is 51.5 Å². The van der Waals surface area contributed by atoms with Gasteiger partial charge in [-0.25, -0.2) is 0 Å². The molecule has 0 aromatic heterocycles. The molecule has 0 amide bonds. The van der Waals surface area contributed by atoms with Crippen LogP contribution >= 0.6 is 0 Å². The molecule has 1 aliphatic rings. The summed E-state index contributed by atoms with van der Waals surface area (Å²) in [7, 11) is 10.9. The number of hydrogen-bond donors (Lipinski definition) is 1. The van der Waals surface area contributed by atoms with Crippen molar-refractivity contribution in [3.63, 3.8) is 0 Å². The molecule has 13 nitrogen and oxygen atoms in total. The maximum absolute atomic E-state index is 13.2. The number of rotatable bonds is 21. The van der Waals surface area contributed by atoms with Crippen molar-refractivity contribution in [3.05, 3.63) is 106 Å². The highest BCUT2D eigenvalue weighted by Gasteiger charge is 2.32. The van der Waals surface area contributed by atoms with Crippen LogP contribution in [0.2, 0.25) is 0 Å². The van der Waals surface area contributed by atoms with Gasteiger partial charge in [0.2, 0.25) is 0 Å². The van der Waals surface area contributed by atoms with Gasteiger partial charge in [-0.2, -0.15) is 0 Å². The van der Waals surface area contributed by atoms with Crippen molar-refractivity contribution in [1.29, 1.82) is 0 Å². The lowest BCUT2D eigenvalue weighted by molar-refractivity contribution is -0.147. The van der Waals surface area contributed by atoms with Gasteiger partial charge in [0.1, 0.15) is 24.6 Å². The number of anilines is 4. The topological polar surface area (TPSA) is 131 Å². The molecule has 0 fully saturated rings. The van der Waals surface area contributed by atoms with E-state index in [1.165, 1.54) is 36.5 Å². The lowest BCUT2D eigenvalue weighted by Crippen LogP contribution is -2.36. The Morgan fingerprint density at radius 2 is 1.29 bits per heavy atom. The number of phenolic OH excluding ortho intramolecular Hbond substituents is 1. The van der Waals surface area contributed by atoms with Gasteiger partial charge in [-0.15, -0.1) is 0 Å². The van der Waals surface area contributed by atoms with E-state index in [0.717, 1.165) is 34.5 Å². The van der Waals surface area contributed by atoms with Crippen LogP contribution in [0.25, 0.3) is 0 Å². The Morgan fingerprint density at radius 3 is 1.79 bits per heavy atom. The minimum absolute atomic E-state index is 0.0511. The van der Waals surface area contributed by atoms with Crippen molar-refractivity contribution < 1.29 is 43.2 Å². The summed E-state index contributed by atoms with van der Waals surface area (Å²) < 4.78 is 28.3. The Kier molecular flexibility index (Phi) is 16.5. The molecular formula is C49H64N4O9. The van der Waals surface area contributed by atoms with Crippen molar-refractivity contribution in [2.75, 3.05) is 108 Å². The molecule has 0 radical (unpaired) electrons. The summed E-state index contributed by atoms with van der Waals surface area (Å²) in [6, 6.07) is 22.7. The van der Waals surface area contributed by atoms with Gasteiger partial charge >= 0.3 is 17.9 Å². The Balaban J connectivity index is 1.55. The van der Waals surface area contributed by atoms with E-state index in [4.69, 9.17) is 23.7 Å². The van der Waals surface area contributed by atoms with Crippen molar-refractivity contribution in [1.82, 2.24) is 0 Å². The number of esters is 3. The third-order valence-corrected chi connectivity index (χ3v) is 11.0. The van der Waals surface area contributed by atoms with E-state index < -0.39 is 11.9 Å². The first-order chi connectivity index (χ1) is 29.6. The number of phenols is 1. The molecular weight excluding hydrogens is 789 g/mol. The highest BCUT2D eigenvalue weighted by molar-refractivity contribution is 5.79. The molecule has 0 heterocycles. The van der Waals surface area contributed by atoms with Crippen LogP contribution in [-0.4, -0.2) is 118 Å². The number of carbonyl (C=O) groups excluding carboxylic acids is 3. The number of benzene rings is 4. The Morgan fingerprint density at radius 1 is 0.726 bits per heavy atom. The van der Waals surface area contributed by atoms with Gasteiger partial charge in [0.15, 0.2) is 0 Å². The molecule has 0 saturated heterocycles. The minimum atomic E-state index is -0.453. The van der Waals surface area contributed by atoms with Gasteiger partial charge < -0.3 is 48.4 Å². The van der Waals surface area contributed by atoms with Crippen molar-refractivity contribution >= 4 is 40.7 Å². The second-order valence-electron chi connectivity index (χ2n) is 16.3. The molecule has 0 spiro atoms. The van der Waals surface area contributed by atoms with Crippen LogP contribution in [0.1, 0.15) is 72.1 Å². The molecule has 62 heavy (non-hydrogen) atoms. The number of hydrogen-bond acceptors (Lipinski definition) is 13. The first-order valence-corrected chi connectivity index (χ1v) is 21.2. The number of fused-ring (bicyclic) bond motifs is 2. The second-order valence-corrected chi connectivity index (χ2v) is 16.3. The van der Waals surface area contributed by atoms with Gasteiger partial charge in [-0.1, -0.05) is 18.2 Å². The molecule has 0 bridgehead atoms. The summed E-state index contributed by atoms with van der Waals surface area (Å²) in [6.45, 7) is 8.68. The molecule has 13 heteroatoms. The zero-order valence-corrected chi connectivity index (χ0v) is 38.1. The third-order valence-electron chi connectivity index (χ3n) is 11.0. The molecule has 0 aliphatic heterocycles. The molecule has 4 aromatic carbocycles.